The highest BCUT2D eigenvalue weighted by molar-refractivity contribution is 6.30. The zero-order valence-corrected chi connectivity index (χ0v) is 21.5. The fourth-order valence-corrected chi connectivity index (χ4v) is 4.67. The number of carbonyl (C=O) groups is 1. The fourth-order valence-electron chi connectivity index (χ4n) is 4.38. The summed E-state index contributed by atoms with van der Waals surface area (Å²) in [5.41, 5.74) is 3.97. The molecular formula is C28H25Cl2FN4O2. The minimum atomic E-state index is -0.381. The van der Waals surface area contributed by atoms with E-state index in [9.17, 15) is 9.18 Å². The van der Waals surface area contributed by atoms with Crippen LogP contribution >= 0.6 is 23.2 Å². The van der Waals surface area contributed by atoms with Gasteiger partial charge in [-0.2, -0.15) is 0 Å². The van der Waals surface area contributed by atoms with Gasteiger partial charge >= 0.3 is 0 Å². The van der Waals surface area contributed by atoms with Crippen LogP contribution in [0.3, 0.4) is 0 Å². The number of halogens is 3. The van der Waals surface area contributed by atoms with E-state index in [1.807, 2.05) is 48.9 Å². The minimum Gasteiger partial charge on any atom is -0.489 e. The van der Waals surface area contributed by atoms with Gasteiger partial charge in [0.1, 0.15) is 12.4 Å². The number of hydrogen-bond acceptors (Lipinski definition) is 4. The van der Waals surface area contributed by atoms with Crippen LogP contribution in [0, 0.1) is 5.82 Å². The van der Waals surface area contributed by atoms with Gasteiger partial charge < -0.3 is 19.5 Å². The maximum atomic E-state index is 14.1. The van der Waals surface area contributed by atoms with Gasteiger partial charge in [-0.1, -0.05) is 47.5 Å². The molecule has 0 spiro atoms. The smallest absolute Gasteiger partial charge is 0.255 e. The maximum Gasteiger partial charge on any atom is 0.255 e. The van der Waals surface area contributed by atoms with Crippen molar-refractivity contribution in [2.45, 2.75) is 19.5 Å². The Morgan fingerprint density at radius 3 is 2.68 bits per heavy atom. The van der Waals surface area contributed by atoms with Crippen LogP contribution in [-0.4, -0.2) is 35.2 Å². The first-order valence-corrected chi connectivity index (χ1v) is 12.7. The van der Waals surface area contributed by atoms with Crippen molar-refractivity contribution < 1.29 is 13.9 Å². The normalized spacial score (nSPS) is 12.7. The van der Waals surface area contributed by atoms with Crippen molar-refractivity contribution in [3.8, 4) is 5.75 Å². The van der Waals surface area contributed by atoms with E-state index in [1.54, 1.807) is 18.2 Å². The number of para-hydroxylation sites is 1. The first-order chi connectivity index (χ1) is 18.0. The lowest BCUT2D eigenvalue weighted by molar-refractivity contribution is 0.0949. The summed E-state index contributed by atoms with van der Waals surface area (Å²) in [6.45, 7) is 2.72. The average molecular weight is 539 g/mol. The zero-order chi connectivity index (χ0) is 25.8. The molecule has 1 N–H and O–H groups in total. The number of anilines is 1. The van der Waals surface area contributed by atoms with Crippen molar-refractivity contribution in [2.24, 2.45) is 0 Å². The van der Waals surface area contributed by atoms with Crippen LogP contribution in [0.4, 0.5) is 10.1 Å². The number of amides is 1. The van der Waals surface area contributed by atoms with Crippen molar-refractivity contribution >= 4 is 34.8 Å². The molecular weight excluding hydrogens is 514 g/mol. The van der Waals surface area contributed by atoms with E-state index in [-0.39, 0.29) is 18.3 Å². The highest BCUT2D eigenvalue weighted by atomic mass is 35.5. The number of nitrogens with zero attached hydrogens (tertiary/aromatic N) is 3. The van der Waals surface area contributed by atoms with Crippen LogP contribution in [0.5, 0.6) is 5.75 Å². The third-order valence-electron chi connectivity index (χ3n) is 6.30. The third kappa shape index (κ3) is 5.89. The van der Waals surface area contributed by atoms with E-state index in [0.717, 1.165) is 16.9 Å². The van der Waals surface area contributed by atoms with Crippen molar-refractivity contribution in [1.29, 1.82) is 0 Å². The number of hydrogen-bond donors (Lipinski definition) is 1. The van der Waals surface area contributed by atoms with Gasteiger partial charge in [-0.15, -0.1) is 0 Å². The fraction of sp³-hybridized carbons (Fsp3) is 0.214. The molecule has 190 valence electrons. The summed E-state index contributed by atoms with van der Waals surface area (Å²) in [5.74, 6) is -0.0957. The third-order valence-corrected chi connectivity index (χ3v) is 6.79. The Morgan fingerprint density at radius 1 is 1.05 bits per heavy atom. The molecule has 2 heterocycles. The lowest BCUT2D eigenvalue weighted by Gasteiger charge is -2.32. The average Bonchev–Trinajstić information content (AvgIpc) is 3.33. The molecule has 1 aliphatic rings. The monoisotopic (exact) mass is 538 g/mol. The maximum absolute atomic E-state index is 14.1. The van der Waals surface area contributed by atoms with Crippen molar-refractivity contribution in [3.63, 3.8) is 0 Å². The van der Waals surface area contributed by atoms with Gasteiger partial charge in [0.05, 0.1) is 36.4 Å². The second-order valence-corrected chi connectivity index (χ2v) is 9.68. The molecule has 1 amide bonds. The number of aromatic nitrogens is 2. The number of imidazole rings is 1. The Bertz CT molecular complexity index is 1410. The molecule has 9 heteroatoms. The van der Waals surface area contributed by atoms with Crippen molar-refractivity contribution in [1.82, 2.24) is 14.9 Å². The second kappa shape index (κ2) is 11.2. The molecule has 5 rings (SSSR count). The van der Waals surface area contributed by atoms with Gasteiger partial charge in [0.25, 0.3) is 5.91 Å². The number of fused-ring (bicyclic) bond motifs is 1. The second-order valence-electron chi connectivity index (χ2n) is 8.80. The van der Waals surface area contributed by atoms with Crippen molar-refractivity contribution in [3.05, 3.63) is 111 Å². The molecule has 0 saturated carbocycles. The van der Waals surface area contributed by atoms with Gasteiger partial charge in [0, 0.05) is 29.3 Å². The van der Waals surface area contributed by atoms with E-state index >= 15 is 0 Å². The SMILES string of the molecule is O=C(NCCc1ccc(Cl)cc1F)c1cccc2c1OCCN2Cc1cncn1Cc1ccc(Cl)cc1. The standard InChI is InChI=1S/C28H25Cl2FN4O2/c29-21-7-4-19(5-8-21)16-35-18-32-15-23(35)17-34-12-13-37-27-24(2-1-3-26(27)34)28(36)33-11-10-20-6-9-22(30)14-25(20)31/h1-9,14-15,18H,10-13,16-17H2,(H,33,36). The first kappa shape index (κ1) is 25.1. The molecule has 0 unspecified atom stereocenters. The molecule has 1 aliphatic heterocycles. The predicted molar refractivity (Wildman–Crippen MR) is 143 cm³/mol. The highest BCUT2D eigenvalue weighted by Crippen LogP contribution is 2.36. The summed E-state index contributed by atoms with van der Waals surface area (Å²) in [6, 6.07) is 17.8. The lowest BCUT2D eigenvalue weighted by Crippen LogP contribution is -2.34. The molecule has 0 saturated heterocycles. The summed E-state index contributed by atoms with van der Waals surface area (Å²) in [5, 5.41) is 3.93. The van der Waals surface area contributed by atoms with Crippen LogP contribution in [0.2, 0.25) is 10.0 Å². The quantitative estimate of drug-likeness (QED) is 0.310. The number of rotatable bonds is 8. The summed E-state index contributed by atoms with van der Waals surface area (Å²) in [4.78, 5) is 19.5. The Balaban J connectivity index is 1.28. The molecule has 1 aromatic heterocycles. The lowest BCUT2D eigenvalue weighted by atomic mass is 10.1. The number of benzene rings is 3. The van der Waals surface area contributed by atoms with Gasteiger partial charge in [-0.05, 0) is 53.9 Å². The highest BCUT2D eigenvalue weighted by Gasteiger charge is 2.24. The summed E-state index contributed by atoms with van der Waals surface area (Å²) >= 11 is 11.8. The van der Waals surface area contributed by atoms with Gasteiger partial charge in [-0.25, -0.2) is 9.37 Å². The minimum absolute atomic E-state index is 0.263. The molecule has 6 nitrogen and oxygen atoms in total. The molecule has 37 heavy (non-hydrogen) atoms. The van der Waals surface area contributed by atoms with Crippen LogP contribution in [0.25, 0.3) is 0 Å². The molecule has 0 atom stereocenters. The first-order valence-electron chi connectivity index (χ1n) is 11.9. The Kier molecular flexibility index (Phi) is 7.63. The molecule has 0 aliphatic carbocycles. The van der Waals surface area contributed by atoms with Crippen LogP contribution < -0.4 is 15.0 Å². The van der Waals surface area contributed by atoms with Gasteiger partial charge in [0.15, 0.2) is 5.75 Å². The Morgan fingerprint density at radius 2 is 1.86 bits per heavy atom. The molecule has 0 bridgehead atoms. The van der Waals surface area contributed by atoms with Crippen LogP contribution in [0.1, 0.15) is 27.2 Å². The predicted octanol–water partition coefficient (Wildman–Crippen LogP) is 5.75. The largest absolute Gasteiger partial charge is 0.489 e. The Labute approximate surface area is 224 Å². The van der Waals surface area contributed by atoms with E-state index in [1.165, 1.54) is 6.07 Å². The van der Waals surface area contributed by atoms with E-state index in [0.29, 0.717) is 59.6 Å². The van der Waals surface area contributed by atoms with E-state index < -0.39 is 0 Å². The number of ether oxygens (including phenoxy) is 1. The molecule has 4 aromatic rings. The van der Waals surface area contributed by atoms with Gasteiger partial charge in [-0.3, -0.25) is 4.79 Å². The zero-order valence-electron chi connectivity index (χ0n) is 20.0. The Hall–Kier alpha value is -3.55. The van der Waals surface area contributed by atoms with E-state index in [2.05, 4.69) is 19.8 Å². The summed E-state index contributed by atoms with van der Waals surface area (Å²) in [6.07, 6.45) is 4.03. The van der Waals surface area contributed by atoms with Crippen LogP contribution in [0.15, 0.2) is 73.2 Å². The molecule has 0 fully saturated rings. The van der Waals surface area contributed by atoms with Crippen molar-refractivity contribution in [2.75, 3.05) is 24.6 Å². The summed E-state index contributed by atoms with van der Waals surface area (Å²) in [7, 11) is 0. The van der Waals surface area contributed by atoms with E-state index in [4.69, 9.17) is 27.9 Å². The molecule has 0 radical (unpaired) electrons. The summed E-state index contributed by atoms with van der Waals surface area (Å²) < 4.78 is 22.1. The molecule has 3 aromatic carbocycles. The topological polar surface area (TPSA) is 59.4 Å². The number of nitrogens with one attached hydrogen (secondary N) is 1. The number of carbonyl (C=O) groups excluding carboxylic acids is 1. The van der Waals surface area contributed by atoms with Crippen LogP contribution in [-0.2, 0) is 19.5 Å². The van der Waals surface area contributed by atoms with Gasteiger partial charge in [0.2, 0.25) is 0 Å².